The summed E-state index contributed by atoms with van der Waals surface area (Å²) >= 11 is 0. The Hall–Kier alpha value is -1.68. The number of hydrogen-bond acceptors (Lipinski definition) is 3. The Kier molecular flexibility index (Phi) is 9.02. The molecule has 0 saturated carbocycles. The molecule has 28 heavy (non-hydrogen) atoms. The third-order valence-corrected chi connectivity index (χ3v) is 5.52. The van der Waals surface area contributed by atoms with Gasteiger partial charge in [0, 0.05) is 12.5 Å². The zero-order valence-electron chi connectivity index (χ0n) is 17.1. The zero-order valence-corrected chi connectivity index (χ0v) is 17.1. The molecule has 2 unspecified atom stereocenters. The molecule has 2 atom stereocenters. The minimum absolute atomic E-state index is 0.236. The Balaban J connectivity index is 1.49. The van der Waals surface area contributed by atoms with E-state index in [2.05, 4.69) is 55.5 Å². The van der Waals surface area contributed by atoms with Crippen molar-refractivity contribution in [3.8, 4) is 0 Å². The predicted molar refractivity (Wildman–Crippen MR) is 113 cm³/mol. The van der Waals surface area contributed by atoms with Crippen molar-refractivity contribution < 1.29 is 14.2 Å². The highest BCUT2D eigenvalue weighted by molar-refractivity contribution is 5.14. The van der Waals surface area contributed by atoms with Gasteiger partial charge in [0.1, 0.15) is 0 Å². The summed E-state index contributed by atoms with van der Waals surface area (Å²) in [7, 11) is 0. The smallest absolute Gasteiger partial charge is 0.0717 e. The van der Waals surface area contributed by atoms with E-state index >= 15 is 0 Å². The van der Waals surface area contributed by atoms with Crippen molar-refractivity contribution in [3.63, 3.8) is 0 Å². The fraction of sp³-hybridized carbons (Fsp3) is 0.520. The van der Waals surface area contributed by atoms with Crippen LogP contribution in [0.5, 0.6) is 0 Å². The zero-order chi connectivity index (χ0) is 19.4. The first-order chi connectivity index (χ1) is 13.8. The van der Waals surface area contributed by atoms with Gasteiger partial charge in [-0.15, -0.1) is 0 Å². The highest BCUT2D eigenvalue weighted by Gasteiger charge is 2.28. The molecule has 152 valence electrons. The Morgan fingerprint density at radius 3 is 1.89 bits per heavy atom. The van der Waals surface area contributed by atoms with Gasteiger partial charge in [-0.1, -0.05) is 74.0 Å². The van der Waals surface area contributed by atoms with Crippen molar-refractivity contribution in [2.75, 3.05) is 19.8 Å². The summed E-state index contributed by atoms with van der Waals surface area (Å²) in [6.45, 7) is 5.76. The van der Waals surface area contributed by atoms with E-state index in [0.29, 0.717) is 26.4 Å². The molecular weight excluding hydrogens is 348 g/mol. The SMILES string of the molecule is CCCC1CCC(C(COCc2ccccc2)COCc2ccccc2)OC1. The van der Waals surface area contributed by atoms with Crippen LogP contribution >= 0.6 is 0 Å². The van der Waals surface area contributed by atoms with Gasteiger partial charge in [-0.05, 0) is 36.3 Å². The molecule has 0 N–H and O–H groups in total. The summed E-state index contributed by atoms with van der Waals surface area (Å²) in [5.74, 6) is 0.993. The second-order valence-electron chi connectivity index (χ2n) is 7.87. The molecule has 3 nitrogen and oxygen atoms in total. The van der Waals surface area contributed by atoms with E-state index < -0.39 is 0 Å². The highest BCUT2D eigenvalue weighted by Crippen LogP contribution is 2.27. The number of hydrogen-bond donors (Lipinski definition) is 0. The van der Waals surface area contributed by atoms with Gasteiger partial charge >= 0.3 is 0 Å². The molecule has 3 rings (SSSR count). The van der Waals surface area contributed by atoms with Crippen molar-refractivity contribution in [1.29, 1.82) is 0 Å². The van der Waals surface area contributed by atoms with Crippen LogP contribution in [0.25, 0.3) is 0 Å². The van der Waals surface area contributed by atoms with Crippen LogP contribution in [0.3, 0.4) is 0 Å². The lowest BCUT2D eigenvalue weighted by Gasteiger charge is -2.34. The van der Waals surface area contributed by atoms with Crippen LogP contribution in [0.4, 0.5) is 0 Å². The summed E-state index contributed by atoms with van der Waals surface area (Å²) in [4.78, 5) is 0. The van der Waals surface area contributed by atoms with Crippen LogP contribution in [0, 0.1) is 11.8 Å². The number of rotatable bonds is 11. The van der Waals surface area contributed by atoms with Crippen molar-refractivity contribution in [1.82, 2.24) is 0 Å². The highest BCUT2D eigenvalue weighted by atomic mass is 16.5. The van der Waals surface area contributed by atoms with Gasteiger partial charge in [0.2, 0.25) is 0 Å². The molecule has 0 bridgehead atoms. The third-order valence-electron chi connectivity index (χ3n) is 5.52. The molecule has 0 aromatic heterocycles. The molecule has 0 amide bonds. The molecule has 0 spiro atoms. The Morgan fingerprint density at radius 1 is 0.857 bits per heavy atom. The summed E-state index contributed by atoms with van der Waals surface area (Å²) in [6, 6.07) is 20.7. The molecule has 0 radical (unpaired) electrons. The molecule has 2 aromatic rings. The maximum absolute atomic E-state index is 6.25. The van der Waals surface area contributed by atoms with Crippen LogP contribution in [0.2, 0.25) is 0 Å². The number of ether oxygens (including phenoxy) is 3. The molecule has 3 heteroatoms. The molecule has 1 fully saturated rings. The standard InChI is InChI=1S/C25H34O3/c1-2-9-21-14-15-25(28-18-21)24(19-26-16-22-10-5-3-6-11-22)20-27-17-23-12-7-4-8-13-23/h3-8,10-13,21,24-25H,2,9,14-20H2,1H3. The molecular formula is C25H34O3. The van der Waals surface area contributed by atoms with Gasteiger partial charge < -0.3 is 14.2 Å². The minimum atomic E-state index is 0.236. The fourth-order valence-corrected chi connectivity index (χ4v) is 3.90. The maximum atomic E-state index is 6.25. The lowest BCUT2D eigenvalue weighted by molar-refractivity contribution is -0.0930. The molecule has 1 saturated heterocycles. The first kappa shape index (κ1) is 21.0. The summed E-state index contributed by atoms with van der Waals surface area (Å²) in [5.41, 5.74) is 2.41. The van der Waals surface area contributed by atoms with E-state index in [9.17, 15) is 0 Å². The van der Waals surface area contributed by atoms with E-state index in [1.807, 2.05) is 12.1 Å². The lowest BCUT2D eigenvalue weighted by Crippen LogP contribution is -2.36. The summed E-state index contributed by atoms with van der Waals surface area (Å²) < 4.78 is 18.4. The second-order valence-corrected chi connectivity index (χ2v) is 7.87. The normalized spacial score (nSPS) is 19.8. The Morgan fingerprint density at radius 2 is 1.43 bits per heavy atom. The first-order valence-corrected chi connectivity index (χ1v) is 10.7. The molecule has 1 aliphatic heterocycles. The third kappa shape index (κ3) is 7.05. The van der Waals surface area contributed by atoms with Crippen molar-refractivity contribution >= 4 is 0 Å². The minimum Gasteiger partial charge on any atom is -0.377 e. The van der Waals surface area contributed by atoms with Gasteiger partial charge in [-0.25, -0.2) is 0 Å². The van der Waals surface area contributed by atoms with E-state index in [0.717, 1.165) is 18.9 Å². The van der Waals surface area contributed by atoms with Crippen LogP contribution in [0.1, 0.15) is 43.7 Å². The fourth-order valence-electron chi connectivity index (χ4n) is 3.90. The van der Waals surface area contributed by atoms with Crippen molar-refractivity contribution in [2.45, 2.75) is 51.9 Å². The largest absolute Gasteiger partial charge is 0.377 e. The molecule has 0 aliphatic carbocycles. The van der Waals surface area contributed by atoms with Crippen LogP contribution in [-0.2, 0) is 27.4 Å². The van der Waals surface area contributed by atoms with Gasteiger partial charge in [0.25, 0.3) is 0 Å². The average Bonchev–Trinajstić information content (AvgIpc) is 2.75. The first-order valence-electron chi connectivity index (χ1n) is 10.7. The van der Waals surface area contributed by atoms with E-state index in [1.54, 1.807) is 0 Å². The predicted octanol–water partition coefficient (Wildman–Crippen LogP) is 5.63. The average molecular weight is 383 g/mol. The van der Waals surface area contributed by atoms with Gasteiger partial charge in [0.05, 0.1) is 32.5 Å². The second kappa shape index (κ2) is 12.0. The van der Waals surface area contributed by atoms with Crippen molar-refractivity contribution in [3.05, 3.63) is 71.8 Å². The monoisotopic (exact) mass is 382 g/mol. The summed E-state index contributed by atoms with van der Waals surface area (Å²) in [5, 5.41) is 0. The molecule has 2 aromatic carbocycles. The topological polar surface area (TPSA) is 27.7 Å². The maximum Gasteiger partial charge on any atom is 0.0717 e. The quantitative estimate of drug-likeness (QED) is 0.504. The van der Waals surface area contributed by atoms with E-state index in [1.165, 1.54) is 30.4 Å². The van der Waals surface area contributed by atoms with Crippen LogP contribution < -0.4 is 0 Å². The van der Waals surface area contributed by atoms with Crippen LogP contribution in [0.15, 0.2) is 60.7 Å². The van der Waals surface area contributed by atoms with E-state index in [4.69, 9.17) is 14.2 Å². The van der Waals surface area contributed by atoms with Gasteiger partial charge in [-0.2, -0.15) is 0 Å². The molecule has 1 heterocycles. The Labute approximate surface area is 170 Å². The number of benzene rings is 2. The van der Waals surface area contributed by atoms with Gasteiger partial charge in [0.15, 0.2) is 0 Å². The van der Waals surface area contributed by atoms with Crippen LogP contribution in [-0.4, -0.2) is 25.9 Å². The molecule has 1 aliphatic rings. The van der Waals surface area contributed by atoms with E-state index in [-0.39, 0.29) is 12.0 Å². The lowest BCUT2D eigenvalue weighted by atomic mass is 9.89. The summed E-state index contributed by atoms with van der Waals surface area (Å²) in [6.07, 6.45) is 5.11. The van der Waals surface area contributed by atoms with Crippen molar-refractivity contribution in [2.24, 2.45) is 11.8 Å². The Bertz CT molecular complexity index is 590. The van der Waals surface area contributed by atoms with Gasteiger partial charge in [-0.3, -0.25) is 0 Å².